The molecular weight excluding hydrogens is 332 g/mol. The van der Waals surface area contributed by atoms with Gasteiger partial charge in [0.25, 0.3) is 0 Å². The summed E-state index contributed by atoms with van der Waals surface area (Å²) in [5.41, 5.74) is 2.00. The quantitative estimate of drug-likeness (QED) is 0.691. The van der Waals surface area contributed by atoms with Crippen molar-refractivity contribution in [3.63, 3.8) is 0 Å². The Kier molecular flexibility index (Phi) is 6.24. The number of carbonyl (C=O) groups excluding carboxylic acids is 2. The number of amides is 2. The SMILES string of the molecule is CCc1ccccc1NC(=O)CN1CCN(C(=O)C2CC(O)CN2)CC1. The van der Waals surface area contributed by atoms with Crippen molar-refractivity contribution in [1.82, 2.24) is 15.1 Å². The summed E-state index contributed by atoms with van der Waals surface area (Å²) in [6.07, 6.45) is 0.930. The molecule has 0 radical (unpaired) electrons. The number of aliphatic hydroxyl groups excluding tert-OH is 1. The lowest BCUT2D eigenvalue weighted by atomic mass is 10.1. The Morgan fingerprint density at radius 3 is 2.62 bits per heavy atom. The highest BCUT2D eigenvalue weighted by molar-refractivity contribution is 5.93. The summed E-state index contributed by atoms with van der Waals surface area (Å²) in [5, 5.41) is 15.6. The normalized spacial score (nSPS) is 23.8. The summed E-state index contributed by atoms with van der Waals surface area (Å²) in [6.45, 7) is 5.49. The number of aryl methyl sites for hydroxylation is 1. The number of hydrogen-bond acceptors (Lipinski definition) is 5. The molecule has 142 valence electrons. The fourth-order valence-electron chi connectivity index (χ4n) is 3.60. The molecule has 2 fully saturated rings. The summed E-state index contributed by atoms with van der Waals surface area (Å²) >= 11 is 0. The second-order valence-corrected chi connectivity index (χ2v) is 7.01. The maximum atomic E-state index is 12.4. The predicted molar refractivity (Wildman–Crippen MR) is 99.9 cm³/mol. The molecule has 2 unspecified atom stereocenters. The van der Waals surface area contributed by atoms with Crippen molar-refractivity contribution in [3.05, 3.63) is 29.8 Å². The van der Waals surface area contributed by atoms with Crippen LogP contribution in [0, 0.1) is 0 Å². The molecule has 3 rings (SSSR count). The lowest BCUT2D eigenvalue weighted by Crippen LogP contribution is -2.54. The van der Waals surface area contributed by atoms with E-state index in [9.17, 15) is 14.7 Å². The van der Waals surface area contributed by atoms with Crippen LogP contribution in [0.1, 0.15) is 18.9 Å². The van der Waals surface area contributed by atoms with Crippen molar-refractivity contribution >= 4 is 17.5 Å². The first kappa shape index (κ1) is 18.8. The van der Waals surface area contributed by atoms with Crippen LogP contribution < -0.4 is 10.6 Å². The summed E-state index contributed by atoms with van der Waals surface area (Å²) in [5.74, 6) is 0.0359. The minimum Gasteiger partial charge on any atom is -0.392 e. The number of β-amino-alcohol motifs (C(OH)–C–C–N with tert-alkyl or cyclic N) is 1. The first-order valence-electron chi connectivity index (χ1n) is 9.37. The number of aliphatic hydroxyl groups is 1. The molecule has 2 saturated heterocycles. The van der Waals surface area contributed by atoms with Crippen LogP contribution in [0.15, 0.2) is 24.3 Å². The Bertz CT molecular complexity index is 643. The van der Waals surface area contributed by atoms with Gasteiger partial charge in [0.1, 0.15) is 0 Å². The van der Waals surface area contributed by atoms with Gasteiger partial charge in [-0.1, -0.05) is 25.1 Å². The van der Waals surface area contributed by atoms with Gasteiger partial charge in [0, 0.05) is 38.4 Å². The molecule has 7 nitrogen and oxygen atoms in total. The highest BCUT2D eigenvalue weighted by atomic mass is 16.3. The average molecular weight is 360 g/mol. The number of rotatable bonds is 5. The van der Waals surface area contributed by atoms with E-state index >= 15 is 0 Å². The van der Waals surface area contributed by atoms with Crippen LogP contribution in [0.5, 0.6) is 0 Å². The Balaban J connectivity index is 1.45. The molecule has 1 aromatic carbocycles. The highest BCUT2D eigenvalue weighted by Crippen LogP contribution is 2.16. The third-order valence-corrected chi connectivity index (χ3v) is 5.13. The first-order valence-corrected chi connectivity index (χ1v) is 9.37. The maximum absolute atomic E-state index is 12.4. The van der Waals surface area contributed by atoms with Gasteiger partial charge in [-0.15, -0.1) is 0 Å². The fraction of sp³-hybridized carbons (Fsp3) is 0.579. The highest BCUT2D eigenvalue weighted by Gasteiger charge is 2.32. The van der Waals surface area contributed by atoms with Gasteiger partial charge in [0.15, 0.2) is 0 Å². The molecule has 0 bridgehead atoms. The molecule has 2 atom stereocenters. The lowest BCUT2D eigenvalue weighted by Gasteiger charge is -2.35. The largest absolute Gasteiger partial charge is 0.392 e. The molecule has 2 aliphatic heterocycles. The van der Waals surface area contributed by atoms with Crippen LogP contribution >= 0.6 is 0 Å². The maximum Gasteiger partial charge on any atom is 0.239 e. The van der Waals surface area contributed by atoms with Crippen LogP contribution in [-0.4, -0.2) is 78.1 Å². The molecule has 2 amide bonds. The molecule has 1 aromatic rings. The summed E-state index contributed by atoms with van der Waals surface area (Å²) in [6, 6.07) is 7.57. The molecule has 0 saturated carbocycles. The summed E-state index contributed by atoms with van der Waals surface area (Å²) in [4.78, 5) is 28.7. The molecular formula is C19H28N4O3. The van der Waals surface area contributed by atoms with Crippen molar-refractivity contribution in [2.24, 2.45) is 0 Å². The zero-order chi connectivity index (χ0) is 18.5. The monoisotopic (exact) mass is 360 g/mol. The Morgan fingerprint density at radius 2 is 1.96 bits per heavy atom. The van der Waals surface area contributed by atoms with E-state index in [1.54, 1.807) is 0 Å². The molecule has 26 heavy (non-hydrogen) atoms. The summed E-state index contributed by atoms with van der Waals surface area (Å²) < 4.78 is 0. The number of nitrogens with zero attached hydrogens (tertiary/aromatic N) is 2. The van der Waals surface area contributed by atoms with Crippen LogP contribution in [0.3, 0.4) is 0 Å². The van der Waals surface area contributed by atoms with Gasteiger partial charge in [-0.3, -0.25) is 14.5 Å². The average Bonchev–Trinajstić information content (AvgIpc) is 3.08. The van der Waals surface area contributed by atoms with E-state index in [2.05, 4.69) is 22.5 Å². The minimum absolute atomic E-state index is 0.0220. The zero-order valence-corrected chi connectivity index (χ0v) is 15.3. The van der Waals surface area contributed by atoms with Gasteiger partial charge in [-0.05, 0) is 24.5 Å². The van der Waals surface area contributed by atoms with Gasteiger partial charge in [0.05, 0.1) is 18.7 Å². The second kappa shape index (κ2) is 8.62. The first-order chi connectivity index (χ1) is 12.6. The molecule has 0 aromatic heterocycles. The van der Waals surface area contributed by atoms with E-state index in [1.165, 1.54) is 0 Å². The standard InChI is InChI=1S/C19H28N4O3/c1-2-14-5-3-4-6-16(14)21-18(25)13-22-7-9-23(10-8-22)19(26)17-11-15(24)12-20-17/h3-6,15,17,20,24H,2,7-13H2,1H3,(H,21,25). The third kappa shape index (κ3) is 4.60. The molecule has 2 heterocycles. The number of hydrogen-bond donors (Lipinski definition) is 3. The molecule has 0 spiro atoms. The van der Waals surface area contributed by atoms with E-state index in [-0.39, 0.29) is 17.9 Å². The van der Waals surface area contributed by atoms with Crippen molar-refractivity contribution in [1.29, 1.82) is 0 Å². The van der Waals surface area contributed by atoms with Gasteiger partial charge in [0.2, 0.25) is 11.8 Å². The van der Waals surface area contributed by atoms with Crippen molar-refractivity contribution in [2.45, 2.75) is 31.9 Å². The Morgan fingerprint density at radius 1 is 1.23 bits per heavy atom. The third-order valence-electron chi connectivity index (χ3n) is 5.13. The number of piperazine rings is 1. The van der Waals surface area contributed by atoms with Crippen molar-refractivity contribution < 1.29 is 14.7 Å². The van der Waals surface area contributed by atoms with E-state index in [0.717, 1.165) is 17.7 Å². The van der Waals surface area contributed by atoms with Crippen LogP contribution in [0.25, 0.3) is 0 Å². The number of anilines is 1. The Labute approximate surface area is 154 Å². The van der Waals surface area contributed by atoms with Crippen molar-refractivity contribution in [2.75, 3.05) is 44.6 Å². The molecule has 7 heteroatoms. The number of carbonyl (C=O) groups is 2. The number of para-hydroxylation sites is 1. The van der Waals surface area contributed by atoms with E-state index in [1.807, 2.05) is 29.2 Å². The molecule has 3 N–H and O–H groups in total. The topological polar surface area (TPSA) is 84.9 Å². The Hall–Kier alpha value is -1.96. The van der Waals surface area contributed by atoms with E-state index in [4.69, 9.17) is 0 Å². The van der Waals surface area contributed by atoms with Gasteiger partial charge in [-0.25, -0.2) is 0 Å². The van der Waals surface area contributed by atoms with Gasteiger partial charge in [-0.2, -0.15) is 0 Å². The van der Waals surface area contributed by atoms with E-state index in [0.29, 0.717) is 45.7 Å². The smallest absolute Gasteiger partial charge is 0.239 e. The minimum atomic E-state index is -0.431. The van der Waals surface area contributed by atoms with E-state index < -0.39 is 6.10 Å². The van der Waals surface area contributed by atoms with Crippen LogP contribution in [0.4, 0.5) is 5.69 Å². The summed E-state index contributed by atoms with van der Waals surface area (Å²) in [7, 11) is 0. The fourth-order valence-corrected chi connectivity index (χ4v) is 3.60. The van der Waals surface area contributed by atoms with Gasteiger partial charge < -0.3 is 20.6 Å². The number of benzene rings is 1. The molecule has 0 aliphatic carbocycles. The second-order valence-electron chi connectivity index (χ2n) is 7.01. The van der Waals surface area contributed by atoms with Crippen LogP contribution in [-0.2, 0) is 16.0 Å². The van der Waals surface area contributed by atoms with Crippen LogP contribution in [0.2, 0.25) is 0 Å². The molecule has 2 aliphatic rings. The van der Waals surface area contributed by atoms with Crippen molar-refractivity contribution in [3.8, 4) is 0 Å². The van der Waals surface area contributed by atoms with Gasteiger partial charge >= 0.3 is 0 Å². The lowest BCUT2D eigenvalue weighted by molar-refractivity contribution is -0.135. The predicted octanol–water partition coefficient (Wildman–Crippen LogP) is 0.0545. The number of nitrogens with one attached hydrogen (secondary N) is 2. The zero-order valence-electron chi connectivity index (χ0n) is 15.3.